The van der Waals surface area contributed by atoms with Crippen molar-refractivity contribution in [3.63, 3.8) is 0 Å². The van der Waals surface area contributed by atoms with Gasteiger partial charge in [0, 0.05) is 33.8 Å². The van der Waals surface area contributed by atoms with Crippen LogP contribution in [0.5, 0.6) is 0 Å². The zero-order valence-electron chi connectivity index (χ0n) is 19.4. The molecule has 5 aromatic carbocycles. The van der Waals surface area contributed by atoms with Crippen LogP contribution in [0, 0.1) is 0 Å². The van der Waals surface area contributed by atoms with Gasteiger partial charge in [-0.3, -0.25) is 0 Å². The van der Waals surface area contributed by atoms with Gasteiger partial charge in [0.25, 0.3) is 0 Å². The number of aryl methyl sites for hydroxylation is 1. The van der Waals surface area contributed by atoms with Gasteiger partial charge in [-0.2, -0.15) is 0 Å². The maximum absolute atomic E-state index is 5.17. The smallest absolute Gasteiger partial charge is 0.141 e. The van der Waals surface area contributed by atoms with Gasteiger partial charge in [-0.25, -0.2) is 9.97 Å². The molecule has 3 heteroatoms. The minimum Gasteiger partial charge on any atom is -0.324 e. The molecule has 0 radical (unpaired) electrons. The maximum atomic E-state index is 5.17. The third-order valence-electron chi connectivity index (χ3n) is 6.95. The number of para-hydroxylation sites is 3. The number of rotatable bonds is 3. The van der Waals surface area contributed by atoms with Gasteiger partial charge in [0.2, 0.25) is 0 Å². The summed E-state index contributed by atoms with van der Waals surface area (Å²) in [5.74, 6) is 0.992. The van der Waals surface area contributed by atoms with Gasteiger partial charge >= 0.3 is 0 Å². The fourth-order valence-electron chi connectivity index (χ4n) is 5.36. The molecule has 3 nitrogen and oxygen atoms in total. The lowest BCUT2D eigenvalue weighted by atomic mass is 9.95. The predicted octanol–water partition coefficient (Wildman–Crippen LogP) is 8.24. The molecule has 0 aliphatic heterocycles. The van der Waals surface area contributed by atoms with E-state index >= 15 is 0 Å². The van der Waals surface area contributed by atoms with Gasteiger partial charge in [0.05, 0.1) is 22.2 Å². The Hall–Kier alpha value is -4.50. The van der Waals surface area contributed by atoms with Crippen LogP contribution in [0.4, 0.5) is 0 Å². The summed E-state index contributed by atoms with van der Waals surface area (Å²) in [6, 6.07) is 38.5. The van der Waals surface area contributed by atoms with E-state index < -0.39 is 0 Å². The normalized spacial score (nSPS) is 11.7. The number of aromatic nitrogens is 3. The fraction of sp³-hybridized carbons (Fsp3) is 0.0625. The molecule has 0 unspecified atom stereocenters. The number of hydrogen-bond acceptors (Lipinski definition) is 2. The number of pyridine rings is 1. The number of hydrogen-bond donors (Lipinski definition) is 0. The van der Waals surface area contributed by atoms with E-state index in [1.54, 1.807) is 0 Å². The highest BCUT2D eigenvalue weighted by Gasteiger charge is 2.15. The first-order chi connectivity index (χ1) is 17.3. The summed E-state index contributed by atoms with van der Waals surface area (Å²) in [6.07, 6.45) is 0. The average molecular weight is 450 g/mol. The Kier molecular flexibility index (Phi) is 4.43. The molecule has 0 aliphatic carbocycles. The van der Waals surface area contributed by atoms with E-state index in [0.29, 0.717) is 0 Å². The Labute approximate surface area is 203 Å². The molecular formula is C32H23N3. The summed E-state index contributed by atoms with van der Waals surface area (Å²) in [5, 5.41) is 6.12. The van der Waals surface area contributed by atoms with Gasteiger partial charge in [-0.15, -0.1) is 0 Å². The van der Waals surface area contributed by atoms with Crippen molar-refractivity contribution in [3.8, 4) is 22.6 Å². The fourth-order valence-corrected chi connectivity index (χ4v) is 5.36. The molecule has 2 aromatic heterocycles. The zero-order chi connectivity index (χ0) is 23.4. The third-order valence-corrected chi connectivity index (χ3v) is 6.95. The molecule has 0 bridgehead atoms. The van der Waals surface area contributed by atoms with Crippen LogP contribution < -0.4 is 0 Å². The van der Waals surface area contributed by atoms with Gasteiger partial charge in [0.15, 0.2) is 0 Å². The van der Waals surface area contributed by atoms with Gasteiger partial charge < -0.3 is 4.57 Å². The Morgan fingerprint density at radius 1 is 0.600 bits per heavy atom. The van der Waals surface area contributed by atoms with Crippen molar-refractivity contribution < 1.29 is 0 Å². The highest BCUT2D eigenvalue weighted by atomic mass is 15.1. The molecule has 0 N–H and O–H groups in total. The van der Waals surface area contributed by atoms with E-state index in [1.165, 1.54) is 26.9 Å². The quantitative estimate of drug-likeness (QED) is 0.254. The molecule has 35 heavy (non-hydrogen) atoms. The molecule has 0 spiro atoms. The first-order valence-corrected chi connectivity index (χ1v) is 12.1. The number of imidazole rings is 1. The van der Waals surface area contributed by atoms with E-state index in [-0.39, 0.29) is 0 Å². The minimum atomic E-state index is 0.864. The second kappa shape index (κ2) is 7.78. The van der Waals surface area contributed by atoms with Crippen LogP contribution in [0.1, 0.15) is 6.92 Å². The predicted molar refractivity (Wildman–Crippen MR) is 147 cm³/mol. The van der Waals surface area contributed by atoms with E-state index in [0.717, 1.165) is 45.7 Å². The van der Waals surface area contributed by atoms with Crippen LogP contribution in [0.15, 0.2) is 109 Å². The average Bonchev–Trinajstić information content (AvgIpc) is 3.31. The number of benzene rings is 5. The Bertz CT molecular complexity index is 1880. The van der Waals surface area contributed by atoms with Crippen LogP contribution in [-0.2, 0) is 6.54 Å². The lowest BCUT2D eigenvalue weighted by molar-refractivity contribution is 0.796. The molecule has 0 atom stereocenters. The molecule has 0 saturated heterocycles. The van der Waals surface area contributed by atoms with E-state index in [4.69, 9.17) is 9.97 Å². The summed E-state index contributed by atoms with van der Waals surface area (Å²) in [4.78, 5) is 10.2. The van der Waals surface area contributed by atoms with Crippen LogP contribution in [-0.4, -0.2) is 14.5 Å². The number of nitrogens with zero attached hydrogens (tertiary/aromatic N) is 3. The van der Waals surface area contributed by atoms with E-state index in [2.05, 4.69) is 115 Å². The van der Waals surface area contributed by atoms with Crippen molar-refractivity contribution in [2.45, 2.75) is 13.5 Å². The van der Waals surface area contributed by atoms with Crippen molar-refractivity contribution >= 4 is 43.5 Å². The summed E-state index contributed by atoms with van der Waals surface area (Å²) >= 11 is 0. The molecule has 0 saturated carbocycles. The molecular weight excluding hydrogens is 426 g/mol. The lowest BCUT2D eigenvalue weighted by Crippen LogP contribution is -1.98. The molecule has 166 valence electrons. The molecule has 0 aliphatic rings. The van der Waals surface area contributed by atoms with Crippen LogP contribution >= 0.6 is 0 Å². The standard InChI is InChI=1S/C32H23N3/c1-2-35-29-17-8-7-16-28(29)34-32(35)23-12-9-11-22(20-23)31-26-19-18-21-10-3-4-13-24(21)30(26)25-14-5-6-15-27(25)33-31/h3-20H,2H2,1H3. The summed E-state index contributed by atoms with van der Waals surface area (Å²) in [6.45, 7) is 3.04. The topological polar surface area (TPSA) is 30.7 Å². The second-order valence-corrected chi connectivity index (χ2v) is 8.94. The Morgan fingerprint density at radius 2 is 1.34 bits per heavy atom. The molecule has 0 amide bonds. The third kappa shape index (κ3) is 3.05. The minimum absolute atomic E-state index is 0.864. The Balaban J connectivity index is 1.52. The van der Waals surface area contributed by atoms with Crippen molar-refractivity contribution in [3.05, 3.63) is 109 Å². The van der Waals surface area contributed by atoms with Gasteiger partial charge in [-0.1, -0.05) is 84.9 Å². The molecule has 0 fully saturated rings. The SMILES string of the molecule is CCn1c(-c2cccc(-c3nc4ccccc4c4c3ccc3ccccc34)c2)nc2ccccc21. The summed E-state index contributed by atoms with van der Waals surface area (Å²) in [5.41, 5.74) is 6.40. The molecule has 7 aromatic rings. The molecule has 7 rings (SSSR count). The van der Waals surface area contributed by atoms with Crippen molar-refractivity contribution in [2.75, 3.05) is 0 Å². The largest absolute Gasteiger partial charge is 0.324 e. The maximum Gasteiger partial charge on any atom is 0.141 e. The Morgan fingerprint density at radius 3 is 2.23 bits per heavy atom. The zero-order valence-corrected chi connectivity index (χ0v) is 19.4. The first-order valence-electron chi connectivity index (χ1n) is 12.1. The summed E-state index contributed by atoms with van der Waals surface area (Å²) < 4.78 is 2.29. The van der Waals surface area contributed by atoms with Crippen LogP contribution in [0.3, 0.4) is 0 Å². The van der Waals surface area contributed by atoms with Crippen LogP contribution in [0.25, 0.3) is 66.1 Å². The van der Waals surface area contributed by atoms with Gasteiger partial charge in [0.1, 0.15) is 5.82 Å². The van der Waals surface area contributed by atoms with E-state index in [9.17, 15) is 0 Å². The second-order valence-electron chi connectivity index (χ2n) is 8.94. The first kappa shape index (κ1) is 19.9. The van der Waals surface area contributed by atoms with E-state index in [1.807, 2.05) is 6.07 Å². The molecule has 2 heterocycles. The number of fused-ring (bicyclic) bond motifs is 6. The van der Waals surface area contributed by atoms with Crippen molar-refractivity contribution in [2.24, 2.45) is 0 Å². The van der Waals surface area contributed by atoms with Crippen molar-refractivity contribution in [1.29, 1.82) is 0 Å². The highest BCUT2D eigenvalue weighted by Crippen LogP contribution is 2.38. The summed E-state index contributed by atoms with van der Waals surface area (Å²) in [7, 11) is 0. The monoisotopic (exact) mass is 449 g/mol. The van der Waals surface area contributed by atoms with Crippen LogP contribution in [0.2, 0.25) is 0 Å². The highest BCUT2D eigenvalue weighted by molar-refractivity contribution is 6.22. The lowest BCUT2D eigenvalue weighted by Gasteiger charge is -2.13. The van der Waals surface area contributed by atoms with Gasteiger partial charge in [-0.05, 0) is 42.0 Å². The van der Waals surface area contributed by atoms with Crippen molar-refractivity contribution in [1.82, 2.24) is 14.5 Å².